The molecule has 1 aliphatic rings. The van der Waals surface area contributed by atoms with Crippen molar-refractivity contribution in [3.63, 3.8) is 0 Å². The molecule has 0 bridgehead atoms. The van der Waals surface area contributed by atoms with E-state index in [-0.39, 0.29) is 0 Å². The van der Waals surface area contributed by atoms with Crippen LogP contribution in [0.1, 0.15) is 30.7 Å². The standard InChI is InChI=1S/C14H19N3S/c1-9-16-13-7-6-12(8-14(13)18-9)17-11-4-2-10(15)3-5-11/h6-8,10-11,17H,2-5,15H2,1H3. The number of anilines is 1. The molecule has 0 atom stereocenters. The Morgan fingerprint density at radius 3 is 2.83 bits per heavy atom. The molecule has 0 unspecified atom stereocenters. The van der Waals surface area contributed by atoms with Gasteiger partial charge in [-0.3, -0.25) is 0 Å². The summed E-state index contributed by atoms with van der Waals surface area (Å²) in [6.07, 6.45) is 4.64. The molecule has 1 aliphatic carbocycles. The van der Waals surface area contributed by atoms with Crippen LogP contribution in [0.25, 0.3) is 10.2 Å². The summed E-state index contributed by atoms with van der Waals surface area (Å²) >= 11 is 1.76. The average Bonchev–Trinajstić information content (AvgIpc) is 2.71. The van der Waals surface area contributed by atoms with Crippen molar-refractivity contribution in [3.8, 4) is 0 Å². The number of aryl methyl sites for hydroxylation is 1. The van der Waals surface area contributed by atoms with Crippen molar-refractivity contribution in [2.75, 3.05) is 5.32 Å². The number of aromatic nitrogens is 1. The van der Waals surface area contributed by atoms with Gasteiger partial charge >= 0.3 is 0 Å². The second kappa shape index (κ2) is 4.86. The lowest BCUT2D eigenvalue weighted by Gasteiger charge is -2.27. The van der Waals surface area contributed by atoms with Gasteiger partial charge in [-0.25, -0.2) is 4.98 Å². The molecule has 0 aliphatic heterocycles. The van der Waals surface area contributed by atoms with Gasteiger partial charge in [0.25, 0.3) is 0 Å². The molecule has 1 heterocycles. The minimum absolute atomic E-state index is 0.412. The summed E-state index contributed by atoms with van der Waals surface area (Å²) in [5, 5.41) is 4.76. The molecule has 3 rings (SSSR count). The molecular formula is C14H19N3S. The summed E-state index contributed by atoms with van der Waals surface area (Å²) in [4.78, 5) is 4.49. The minimum atomic E-state index is 0.412. The van der Waals surface area contributed by atoms with Crippen LogP contribution in [0.5, 0.6) is 0 Å². The van der Waals surface area contributed by atoms with Crippen LogP contribution in [-0.2, 0) is 0 Å². The number of nitrogens with one attached hydrogen (secondary N) is 1. The van der Waals surface area contributed by atoms with E-state index in [0.717, 1.165) is 23.4 Å². The van der Waals surface area contributed by atoms with Crippen molar-refractivity contribution in [3.05, 3.63) is 23.2 Å². The third kappa shape index (κ3) is 2.49. The Morgan fingerprint density at radius 2 is 2.06 bits per heavy atom. The van der Waals surface area contributed by atoms with E-state index in [1.807, 2.05) is 0 Å². The topological polar surface area (TPSA) is 50.9 Å². The molecule has 1 saturated carbocycles. The molecule has 1 fully saturated rings. The van der Waals surface area contributed by atoms with Gasteiger partial charge in [-0.15, -0.1) is 11.3 Å². The quantitative estimate of drug-likeness (QED) is 0.872. The van der Waals surface area contributed by atoms with Crippen molar-refractivity contribution in [1.82, 2.24) is 4.98 Å². The molecule has 96 valence electrons. The Hall–Kier alpha value is -1.13. The highest BCUT2D eigenvalue weighted by atomic mass is 32.1. The van der Waals surface area contributed by atoms with Crippen LogP contribution in [-0.4, -0.2) is 17.1 Å². The third-order valence-electron chi connectivity index (χ3n) is 3.64. The van der Waals surface area contributed by atoms with E-state index >= 15 is 0 Å². The maximum atomic E-state index is 5.93. The number of nitrogens with two attached hydrogens (primary N) is 1. The second-order valence-electron chi connectivity index (χ2n) is 5.17. The predicted octanol–water partition coefficient (Wildman–Crippen LogP) is 3.29. The third-order valence-corrected chi connectivity index (χ3v) is 4.57. The molecule has 0 spiro atoms. The molecule has 0 amide bonds. The zero-order chi connectivity index (χ0) is 12.5. The first kappa shape index (κ1) is 11.9. The number of fused-ring (bicyclic) bond motifs is 1. The highest BCUT2D eigenvalue weighted by Crippen LogP contribution is 2.27. The number of hydrogen-bond donors (Lipinski definition) is 2. The molecule has 18 heavy (non-hydrogen) atoms. The van der Waals surface area contributed by atoms with E-state index in [4.69, 9.17) is 5.73 Å². The zero-order valence-corrected chi connectivity index (χ0v) is 11.5. The average molecular weight is 261 g/mol. The van der Waals surface area contributed by atoms with Crippen LogP contribution in [0.4, 0.5) is 5.69 Å². The summed E-state index contributed by atoms with van der Waals surface area (Å²) in [7, 11) is 0. The lowest BCUT2D eigenvalue weighted by Crippen LogP contribution is -2.32. The fourth-order valence-electron chi connectivity index (χ4n) is 2.63. The molecule has 1 aromatic heterocycles. The lowest BCUT2D eigenvalue weighted by molar-refractivity contribution is 0.411. The first-order chi connectivity index (χ1) is 8.70. The summed E-state index contributed by atoms with van der Waals surface area (Å²) in [5.74, 6) is 0. The van der Waals surface area contributed by atoms with Crippen LogP contribution < -0.4 is 11.1 Å². The van der Waals surface area contributed by atoms with E-state index in [1.54, 1.807) is 11.3 Å². The van der Waals surface area contributed by atoms with Gasteiger partial charge in [0.05, 0.1) is 15.2 Å². The number of rotatable bonds is 2. The largest absolute Gasteiger partial charge is 0.382 e. The maximum Gasteiger partial charge on any atom is 0.0907 e. The first-order valence-corrected chi connectivity index (χ1v) is 7.41. The van der Waals surface area contributed by atoms with Crippen molar-refractivity contribution in [2.24, 2.45) is 5.73 Å². The van der Waals surface area contributed by atoms with Gasteiger partial charge in [0.15, 0.2) is 0 Å². The number of benzene rings is 1. The molecule has 3 N–H and O–H groups in total. The van der Waals surface area contributed by atoms with Crippen molar-refractivity contribution >= 4 is 27.2 Å². The van der Waals surface area contributed by atoms with Crippen molar-refractivity contribution in [1.29, 1.82) is 0 Å². The van der Waals surface area contributed by atoms with Crippen LogP contribution in [0, 0.1) is 6.92 Å². The van der Waals surface area contributed by atoms with Gasteiger partial charge in [0, 0.05) is 17.8 Å². The molecule has 4 heteroatoms. The number of thiazole rings is 1. The lowest BCUT2D eigenvalue weighted by atomic mass is 9.92. The van der Waals surface area contributed by atoms with Crippen LogP contribution in [0.2, 0.25) is 0 Å². The molecular weight excluding hydrogens is 242 g/mol. The summed E-state index contributed by atoms with van der Waals surface area (Å²) in [6, 6.07) is 7.45. The molecule has 2 aromatic rings. The Labute approximate surface area is 111 Å². The smallest absolute Gasteiger partial charge is 0.0907 e. The monoisotopic (exact) mass is 261 g/mol. The molecule has 3 nitrogen and oxygen atoms in total. The minimum Gasteiger partial charge on any atom is -0.382 e. The van der Waals surface area contributed by atoms with Gasteiger partial charge in [0.2, 0.25) is 0 Å². The highest BCUT2D eigenvalue weighted by molar-refractivity contribution is 7.18. The van der Waals surface area contributed by atoms with Crippen molar-refractivity contribution in [2.45, 2.75) is 44.7 Å². The fraction of sp³-hybridized carbons (Fsp3) is 0.500. The van der Waals surface area contributed by atoms with E-state index in [9.17, 15) is 0 Å². The second-order valence-corrected chi connectivity index (χ2v) is 6.41. The fourth-order valence-corrected chi connectivity index (χ4v) is 3.50. The van der Waals surface area contributed by atoms with E-state index in [0.29, 0.717) is 12.1 Å². The number of nitrogens with zero attached hydrogens (tertiary/aromatic N) is 1. The molecule has 1 aromatic carbocycles. The zero-order valence-electron chi connectivity index (χ0n) is 10.6. The summed E-state index contributed by atoms with van der Waals surface area (Å²) in [6.45, 7) is 2.06. The van der Waals surface area contributed by atoms with E-state index in [2.05, 4.69) is 35.4 Å². The first-order valence-electron chi connectivity index (χ1n) is 6.60. The van der Waals surface area contributed by atoms with E-state index < -0.39 is 0 Å². The van der Waals surface area contributed by atoms with Gasteiger partial charge < -0.3 is 11.1 Å². The SMILES string of the molecule is Cc1nc2ccc(NC3CCC(N)CC3)cc2s1. The van der Waals surface area contributed by atoms with Crippen LogP contribution in [0.15, 0.2) is 18.2 Å². The summed E-state index contributed by atoms with van der Waals surface area (Å²) in [5.41, 5.74) is 8.25. The normalized spacial score (nSPS) is 24.3. The van der Waals surface area contributed by atoms with Crippen molar-refractivity contribution < 1.29 is 0 Å². The van der Waals surface area contributed by atoms with Gasteiger partial charge in [-0.2, -0.15) is 0 Å². The van der Waals surface area contributed by atoms with E-state index in [1.165, 1.54) is 23.2 Å². The Kier molecular flexibility index (Phi) is 3.22. The molecule has 0 radical (unpaired) electrons. The Bertz CT molecular complexity index is 541. The van der Waals surface area contributed by atoms with Crippen LogP contribution in [0.3, 0.4) is 0 Å². The van der Waals surface area contributed by atoms with Crippen LogP contribution >= 0.6 is 11.3 Å². The Morgan fingerprint density at radius 1 is 1.28 bits per heavy atom. The highest BCUT2D eigenvalue weighted by Gasteiger charge is 2.18. The molecule has 0 saturated heterocycles. The van der Waals surface area contributed by atoms with Gasteiger partial charge in [0.1, 0.15) is 0 Å². The maximum absolute atomic E-state index is 5.93. The van der Waals surface area contributed by atoms with Gasteiger partial charge in [-0.05, 0) is 50.8 Å². The summed E-state index contributed by atoms with van der Waals surface area (Å²) < 4.78 is 1.27. The van der Waals surface area contributed by atoms with Gasteiger partial charge in [-0.1, -0.05) is 0 Å². The number of hydrogen-bond acceptors (Lipinski definition) is 4. The predicted molar refractivity (Wildman–Crippen MR) is 78.2 cm³/mol. The Balaban J connectivity index is 1.74.